The van der Waals surface area contributed by atoms with E-state index in [1.54, 1.807) is 0 Å². The molecule has 1 amide bonds. The maximum atomic E-state index is 12.4. The number of aliphatic carboxylic acids is 1. The summed E-state index contributed by atoms with van der Waals surface area (Å²) in [5.74, 6) is -0.738. The van der Waals surface area contributed by atoms with E-state index in [1.165, 1.54) is 0 Å². The van der Waals surface area contributed by atoms with Crippen LogP contribution in [0.5, 0.6) is 0 Å². The Morgan fingerprint density at radius 1 is 1.27 bits per heavy atom. The molecule has 1 aliphatic heterocycles. The van der Waals surface area contributed by atoms with Crippen LogP contribution in [0, 0.1) is 0 Å². The Hall–Kier alpha value is -1.63. The first kappa shape index (κ1) is 22.4. The van der Waals surface area contributed by atoms with E-state index in [4.69, 9.17) is 5.11 Å². The molecule has 1 aliphatic rings. The van der Waals surface area contributed by atoms with E-state index in [-0.39, 0.29) is 36.9 Å². The topological polar surface area (TPSA) is 72.9 Å². The molecule has 2 rings (SSSR count). The average Bonchev–Trinajstić information content (AvgIpc) is 2.64. The number of hydrogen-bond acceptors (Lipinski definition) is 4. The van der Waals surface area contributed by atoms with Gasteiger partial charge in [0, 0.05) is 25.7 Å². The molecule has 0 saturated carbocycles. The zero-order valence-electron chi connectivity index (χ0n) is 15.6. The molecule has 1 unspecified atom stereocenters. The van der Waals surface area contributed by atoms with Crippen molar-refractivity contribution in [2.24, 2.45) is 0 Å². The molecule has 1 aromatic rings. The molecule has 0 aromatic heterocycles. The zero-order chi connectivity index (χ0) is 18.2. The molecule has 1 saturated heterocycles. The van der Waals surface area contributed by atoms with E-state index < -0.39 is 5.97 Å². The fourth-order valence-electron chi connectivity index (χ4n) is 3.41. The van der Waals surface area contributed by atoms with Crippen molar-refractivity contribution in [3.8, 4) is 0 Å². The van der Waals surface area contributed by atoms with Gasteiger partial charge in [-0.1, -0.05) is 37.3 Å². The number of rotatable bonds is 8. The lowest BCUT2D eigenvalue weighted by Crippen LogP contribution is -2.52. The summed E-state index contributed by atoms with van der Waals surface area (Å²) in [5, 5.41) is 12.0. The van der Waals surface area contributed by atoms with Gasteiger partial charge in [0.25, 0.3) is 0 Å². The maximum absolute atomic E-state index is 12.4. The van der Waals surface area contributed by atoms with Gasteiger partial charge in [0.2, 0.25) is 5.91 Å². The van der Waals surface area contributed by atoms with Gasteiger partial charge in [-0.05, 0) is 31.9 Å². The molecule has 26 heavy (non-hydrogen) atoms. The number of hydrogen-bond donors (Lipinski definition) is 2. The summed E-state index contributed by atoms with van der Waals surface area (Å²) in [7, 11) is 0. The van der Waals surface area contributed by atoms with E-state index in [0.717, 1.165) is 38.0 Å². The van der Waals surface area contributed by atoms with Gasteiger partial charge >= 0.3 is 5.97 Å². The van der Waals surface area contributed by atoms with Gasteiger partial charge in [0.1, 0.15) is 0 Å². The van der Waals surface area contributed by atoms with Gasteiger partial charge in [0.05, 0.1) is 12.6 Å². The van der Waals surface area contributed by atoms with Crippen LogP contribution >= 0.6 is 12.4 Å². The first-order chi connectivity index (χ1) is 12.0. The van der Waals surface area contributed by atoms with E-state index in [2.05, 4.69) is 10.2 Å². The number of amides is 1. The predicted molar refractivity (Wildman–Crippen MR) is 104 cm³/mol. The van der Waals surface area contributed by atoms with Gasteiger partial charge in [-0.15, -0.1) is 12.4 Å². The van der Waals surface area contributed by atoms with Gasteiger partial charge in [-0.3, -0.25) is 19.4 Å². The third kappa shape index (κ3) is 6.59. The van der Waals surface area contributed by atoms with Crippen LogP contribution in [-0.4, -0.2) is 65.0 Å². The van der Waals surface area contributed by atoms with Crippen molar-refractivity contribution in [3.63, 3.8) is 0 Å². The molecular formula is C19H30ClN3O3. The minimum atomic E-state index is -0.780. The van der Waals surface area contributed by atoms with Crippen molar-refractivity contribution >= 4 is 24.3 Å². The number of piperidine rings is 1. The Labute approximate surface area is 162 Å². The van der Waals surface area contributed by atoms with Crippen molar-refractivity contribution in [2.75, 3.05) is 26.2 Å². The van der Waals surface area contributed by atoms with E-state index in [9.17, 15) is 9.59 Å². The van der Waals surface area contributed by atoms with Crippen molar-refractivity contribution in [3.05, 3.63) is 35.9 Å². The highest BCUT2D eigenvalue weighted by Crippen LogP contribution is 2.18. The Kier molecular flexibility index (Phi) is 9.62. The average molecular weight is 384 g/mol. The number of carbonyl (C=O) groups is 2. The summed E-state index contributed by atoms with van der Waals surface area (Å²) in [5.41, 5.74) is 1.09. The number of halogens is 1. The molecular weight excluding hydrogens is 354 g/mol. The van der Waals surface area contributed by atoms with Crippen LogP contribution in [0.4, 0.5) is 0 Å². The van der Waals surface area contributed by atoms with E-state index in [1.807, 2.05) is 49.1 Å². The molecule has 0 bridgehead atoms. The first-order valence-corrected chi connectivity index (χ1v) is 9.02. The van der Waals surface area contributed by atoms with Gasteiger partial charge in [-0.2, -0.15) is 0 Å². The van der Waals surface area contributed by atoms with Crippen molar-refractivity contribution < 1.29 is 14.7 Å². The minimum absolute atomic E-state index is 0. The third-order valence-electron chi connectivity index (χ3n) is 5.00. The largest absolute Gasteiger partial charge is 0.480 e. The summed E-state index contributed by atoms with van der Waals surface area (Å²) in [4.78, 5) is 27.5. The molecule has 2 N–H and O–H groups in total. The molecule has 1 heterocycles. The summed E-state index contributed by atoms with van der Waals surface area (Å²) in [6.45, 7) is 6.95. The highest BCUT2D eigenvalue weighted by Gasteiger charge is 2.29. The number of carboxylic acid groups (broad SMARTS) is 1. The first-order valence-electron chi connectivity index (χ1n) is 9.02. The highest BCUT2D eigenvalue weighted by atomic mass is 35.5. The number of nitrogens with zero attached hydrogens (tertiary/aromatic N) is 2. The van der Waals surface area contributed by atoms with Crippen LogP contribution < -0.4 is 5.32 Å². The monoisotopic (exact) mass is 383 g/mol. The maximum Gasteiger partial charge on any atom is 0.317 e. The molecule has 1 aromatic carbocycles. The normalized spacial score (nSPS) is 16.7. The Balaban J connectivity index is 0.00000338. The van der Waals surface area contributed by atoms with Gasteiger partial charge in [0.15, 0.2) is 0 Å². The van der Waals surface area contributed by atoms with Crippen LogP contribution in [0.1, 0.15) is 32.3 Å². The van der Waals surface area contributed by atoms with Crippen LogP contribution in [0.25, 0.3) is 0 Å². The molecule has 7 heteroatoms. The summed E-state index contributed by atoms with van der Waals surface area (Å²) in [6, 6.07) is 10.0. The Morgan fingerprint density at radius 2 is 1.88 bits per heavy atom. The Bertz CT molecular complexity index is 562. The molecule has 0 spiro atoms. The number of benzene rings is 1. The number of nitrogens with one attached hydrogen (secondary N) is 1. The van der Waals surface area contributed by atoms with Crippen molar-refractivity contribution in [1.82, 2.24) is 15.1 Å². The fourth-order valence-corrected chi connectivity index (χ4v) is 3.41. The van der Waals surface area contributed by atoms with Crippen molar-refractivity contribution in [1.29, 1.82) is 0 Å². The Morgan fingerprint density at radius 3 is 2.42 bits per heavy atom. The lowest BCUT2D eigenvalue weighted by Gasteiger charge is -2.39. The molecule has 0 radical (unpaired) electrons. The summed E-state index contributed by atoms with van der Waals surface area (Å²) < 4.78 is 0. The SMILES string of the molecule is CCN(CC(=O)O)C1CCN(C(C)C(=O)NCc2ccccc2)CC1.Cl. The van der Waals surface area contributed by atoms with Crippen molar-refractivity contribution in [2.45, 2.75) is 45.3 Å². The standard InChI is InChI=1S/C19H29N3O3.ClH/c1-3-21(14-18(23)24)17-9-11-22(12-10-17)15(2)19(25)20-13-16-7-5-4-6-8-16;/h4-8,15,17H,3,9-14H2,1-2H3,(H,20,25)(H,23,24);1H. The lowest BCUT2D eigenvalue weighted by atomic mass is 10.0. The third-order valence-corrected chi connectivity index (χ3v) is 5.00. The molecule has 0 aliphatic carbocycles. The van der Waals surface area contributed by atoms with Gasteiger partial charge in [-0.25, -0.2) is 0 Å². The second-order valence-corrected chi connectivity index (χ2v) is 6.60. The lowest BCUT2D eigenvalue weighted by molar-refractivity contribution is -0.139. The highest BCUT2D eigenvalue weighted by molar-refractivity contribution is 5.85. The fraction of sp³-hybridized carbons (Fsp3) is 0.579. The predicted octanol–water partition coefficient (Wildman–Crippen LogP) is 1.98. The second kappa shape index (κ2) is 11.2. The van der Waals surface area contributed by atoms with Crippen LogP contribution in [-0.2, 0) is 16.1 Å². The number of likely N-dealkylation sites (tertiary alicyclic amines) is 1. The summed E-state index contributed by atoms with van der Waals surface area (Å²) >= 11 is 0. The second-order valence-electron chi connectivity index (χ2n) is 6.60. The van der Waals surface area contributed by atoms with Crippen LogP contribution in [0.15, 0.2) is 30.3 Å². The zero-order valence-corrected chi connectivity index (χ0v) is 16.4. The van der Waals surface area contributed by atoms with Gasteiger partial charge < -0.3 is 10.4 Å². The molecule has 1 fully saturated rings. The minimum Gasteiger partial charge on any atom is -0.480 e. The number of carbonyl (C=O) groups excluding carboxylic acids is 1. The summed E-state index contributed by atoms with van der Waals surface area (Å²) in [6.07, 6.45) is 1.80. The van der Waals surface area contributed by atoms with E-state index >= 15 is 0 Å². The molecule has 146 valence electrons. The number of carboxylic acids is 1. The number of likely N-dealkylation sites (N-methyl/N-ethyl adjacent to an activating group) is 1. The van der Waals surface area contributed by atoms with E-state index in [0.29, 0.717) is 6.54 Å². The molecule has 1 atom stereocenters. The quantitative estimate of drug-likeness (QED) is 0.718. The van der Waals surface area contributed by atoms with Crippen LogP contribution in [0.2, 0.25) is 0 Å². The molecule has 6 nitrogen and oxygen atoms in total. The smallest absolute Gasteiger partial charge is 0.317 e. The van der Waals surface area contributed by atoms with Crippen LogP contribution in [0.3, 0.4) is 0 Å².